The predicted octanol–water partition coefficient (Wildman–Crippen LogP) is 2.75. The summed E-state index contributed by atoms with van der Waals surface area (Å²) in [6.45, 7) is 4.18. The van der Waals surface area contributed by atoms with Gasteiger partial charge >= 0.3 is 0 Å². The van der Waals surface area contributed by atoms with E-state index in [2.05, 4.69) is 15.5 Å². The van der Waals surface area contributed by atoms with Gasteiger partial charge in [-0.25, -0.2) is 0 Å². The van der Waals surface area contributed by atoms with Crippen molar-refractivity contribution in [3.05, 3.63) is 40.4 Å². The summed E-state index contributed by atoms with van der Waals surface area (Å²) < 4.78 is 0. The highest BCUT2D eigenvalue weighted by atomic mass is 32.1. The van der Waals surface area contributed by atoms with Crippen LogP contribution in [0, 0.1) is 5.92 Å². The van der Waals surface area contributed by atoms with Crippen LogP contribution in [0.25, 0.3) is 0 Å². The zero-order chi connectivity index (χ0) is 18.7. The van der Waals surface area contributed by atoms with Gasteiger partial charge in [-0.3, -0.25) is 19.3 Å². The van der Waals surface area contributed by atoms with Gasteiger partial charge in [-0.1, -0.05) is 37.3 Å². The maximum Gasteiger partial charge on any atom is 0.261 e. The topological polar surface area (TPSA) is 92.3 Å². The molecule has 0 atom stereocenters. The standard InChI is InChI=1S/C18H20N4O3S/c1-3-11(4-2)15(23)19-18-21-20-14(26-18)9-10-22-16(24)12-7-5-6-8-13(12)17(22)25/h5-8,11H,3-4,9-10H2,1-2H3,(H,19,21,23). The zero-order valence-corrected chi connectivity index (χ0v) is 15.5. The summed E-state index contributed by atoms with van der Waals surface area (Å²) in [5.74, 6) is -0.659. The molecule has 2 aromatic rings. The Kier molecular flexibility index (Phi) is 5.41. The summed E-state index contributed by atoms with van der Waals surface area (Å²) in [6.07, 6.45) is 1.95. The second-order valence-electron chi connectivity index (χ2n) is 6.06. The first-order valence-corrected chi connectivity index (χ1v) is 9.45. The number of carbonyl (C=O) groups excluding carboxylic acids is 3. The zero-order valence-electron chi connectivity index (χ0n) is 14.7. The largest absolute Gasteiger partial charge is 0.300 e. The summed E-state index contributed by atoms with van der Waals surface area (Å²) in [5, 5.41) is 11.9. The molecular formula is C18H20N4O3S. The quantitative estimate of drug-likeness (QED) is 0.755. The summed E-state index contributed by atoms with van der Waals surface area (Å²) in [5.41, 5.74) is 0.876. The highest BCUT2D eigenvalue weighted by Crippen LogP contribution is 2.24. The Hall–Kier alpha value is -2.61. The molecule has 1 N–H and O–H groups in total. The smallest absolute Gasteiger partial charge is 0.261 e. The molecule has 0 aliphatic carbocycles. The third-order valence-electron chi connectivity index (χ3n) is 4.48. The van der Waals surface area contributed by atoms with Crippen LogP contribution in [-0.2, 0) is 11.2 Å². The van der Waals surface area contributed by atoms with E-state index in [-0.39, 0.29) is 30.2 Å². The molecule has 0 unspecified atom stereocenters. The van der Waals surface area contributed by atoms with E-state index in [1.165, 1.54) is 16.2 Å². The highest BCUT2D eigenvalue weighted by molar-refractivity contribution is 7.15. The van der Waals surface area contributed by atoms with Crippen LogP contribution >= 0.6 is 11.3 Å². The fourth-order valence-corrected chi connectivity index (χ4v) is 3.65. The summed E-state index contributed by atoms with van der Waals surface area (Å²) in [4.78, 5) is 38.0. The van der Waals surface area contributed by atoms with Crippen LogP contribution in [-0.4, -0.2) is 39.4 Å². The van der Waals surface area contributed by atoms with Crippen LogP contribution in [0.5, 0.6) is 0 Å². The third-order valence-corrected chi connectivity index (χ3v) is 5.38. The average Bonchev–Trinajstić information content (AvgIpc) is 3.18. The lowest BCUT2D eigenvalue weighted by Crippen LogP contribution is -2.31. The van der Waals surface area contributed by atoms with Crippen LogP contribution in [0.3, 0.4) is 0 Å². The Morgan fingerprint density at radius 1 is 1.12 bits per heavy atom. The lowest BCUT2D eigenvalue weighted by molar-refractivity contribution is -0.120. The number of anilines is 1. The van der Waals surface area contributed by atoms with Gasteiger partial charge in [0.1, 0.15) is 5.01 Å². The number of nitrogens with one attached hydrogen (secondary N) is 1. The van der Waals surface area contributed by atoms with E-state index in [1.54, 1.807) is 24.3 Å². The van der Waals surface area contributed by atoms with Crippen LogP contribution in [0.4, 0.5) is 5.13 Å². The minimum absolute atomic E-state index is 0.0410. The Balaban J connectivity index is 1.60. The maximum absolute atomic E-state index is 12.3. The second kappa shape index (κ2) is 7.74. The molecule has 8 heteroatoms. The molecule has 1 aromatic heterocycles. The van der Waals surface area contributed by atoms with E-state index < -0.39 is 0 Å². The molecule has 1 aliphatic rings. The molecule has 1 aliphatic heterocycles. The molecule has 3 amide bonds. The molecule has 7 nitrogen and oxygen atoms in total. The van der Waals surface area contributed by atoms with Crippen LogP contribution in [0.15, 0.2) is 24.3 Å². The van der Waals surface area contributed by atoms with Crippen LogP contribution < -0.4 is 5.32 Å². The number of amides is 3. The number of nitrogens with zero attached hydrogens (tertiary/aromatic N) is 3. The van der Waals surface area contributed by atoms with Gasteiger partial charge in [0.2, 0.25) is 11.0 Å². The van der Waals surface area contributed by atoms with Gasteiger partial charge in [0.15, 0.2) is 0 Å². The number of carbonyl (C=O) groups is 3. The van der Waals surface area contributed by atoms with Gasteiger partial charge in [0.05, 0.1) is 11.1 Å². The van der Waals surface area contributed by atoms with Crippen LogP contribution in [0.1, 0.15) is 52.4 Å². The number of imide groups is 1. The van der Waals surface area contributed by atoms with Gasteiger partial charge in [0, 0.05) is 18.9 Å². The summed E-state index contributed by atoms with van der Waals surface area (Å²) >= 11 is 1.27. The van der Waals surface area contributed by atoms with E-state index >= 15 is 0 Å². The summed E-state index contributed by atoms with van der Waals surface area (Å²) in [6, 6.07) is 6.80. The molecule has 136 valence electrons. The number of hydrogen-bond donors (Lipinski definition) is 1. The van der Waals surface area contributed by atoms with Crippen molar-refractivity contribution in [3.63, 3.8) is 0 Å². The first-order chi connectivity index (χ1) is 12.5. The number of rotatable bonds is 7. The molecule has 26 heavy (non-hydrogen) atoms. The SMILES string of the molecule is CCC(CC)C(=O)Nc1nnc(CCN2C(=O)c3ccccc3C2=O)s1. The highest BCUT2D eigenvalue weighted by Gasteiger charge is 2.34. The van der Waals surface area contributed by atoms with Gasteiger partial charge in [0.25, 0.3) is 11.8 Å². The Bertz CT molecular complexity index is 809. The lowest BCUT2D eigenvalue weighted by Gasteiger charge is -2.12. The monoisotopic (exact) mass is 372 g/mol. The molecular weight excluding hydrogens is 352 g/mol. The molecule has 0 fully saturated rings. The number of fused-ring (bicyclic) bond motifs is 1. The molecule has 1 aromatic carbocycles. The van der Waals surface area contributed by atoms with E-state index in [0.717, 1.165) is 12.8 Å². The number of aromatic nitrogens is 2. The Labute approximate surface area is 155 Å². The average molecular weight is 372 g/mol. The van der Waals surface area contributed by atoms with E-state index in [4.69, 9.17) is 0 Å². The van der Waals surface area contributed by atoms with Crippen molar-refractivity contribution in [2.45, 2.75) is 33.1 Å². The maximum atomic E-state index is 12.3. The first kappa shape index (κ1) is 18.2. The minimum Gasteiger partial charge on any atom is -0.300 e. The van der Waals surface area contributed by atoms with Crippen molar-refractivity contribution in [2.75, 3.05) is 11.9 Å². The molecule has 0 radical (unpaired) electrons. The van der Waals surface area contributed by atoms with Crippen molar-refractivity contribution in [2.24, 2.45) is 5.92 Å². The molecule has 3 rings (SSSR count). The van der Waals surface area contributed by atoms with E-state index in [0.29, 0.717) is 27.7 Å². The van der Waals surface area contributed by atoms with E-state index in [1.807, 2.05) is 13.8 Å². The van der Waals surface area contributed by atoms with Gasteiger partial charge in [-0.15, -0.1) is 10.2 Å². The second-order valence-corrected chi connectivity index (χ2v) is 7.12. The van der Waals surface area contributed by atoms with Gasteiger partial charge in [-0.2, -0.15) is 0 Å². The number of benzene rings is 1. The van der Waals surface area contributed by atoms with Crippen molar-refractivity contribution < 1.29 is 14.4 Å². The molecule has 0 saturated carbocycles. The molecule has 0 bridgehead atoms. The van der Waals surface area contributed by atoms with Crippen molar-refractivity contribution >= 4 is 34.2 Å². The molecule has 0 saturated heterocycles. The fraction of sp³-hybridized carbons (Fsp3) is 0.389. The fourth-order valence-electron chi connectivity index (χ4n) is 2.92. The van der Waals surface area contributed by atoms with E-state index in [9.17, 15) is 14.4 Å². The number of hydrogen-bond acceptors (Lipinski definition) is 6. The first-order valence-electron chi connectivity index (χ1n) is 8.63. The van der Waals surface area contributed by atoms with Gasteiger partial charge in [-0.05, 0) is 25.0 Å². The predicted molar refractivity (Wildman–Crippen MR) is 98.1 cm³/mol. The Morgan fingerprint density at radius 3 is 2.31 bits per heavy atom. The summed E-state index contributed by atoms with van der Waals surface area (Å²) in [7, 11) is 0. The molecule has 2 heterocycles. The van der Waals surface area contributed by atoms with Crippen LogP contribution in [0.2, 0.25) is 0 Å². The Morgan fingerprint density at radius 2 is 1.73 bits per heavy atom. The van der Waals surface area contributed by atoms with Crippen molar-refractivity contribution in [1.29, 1.82) is 0 Å². The third kappa shape index (κ3) is 3.50. The minimum atomic E-state index is -0.280. The van der Waals surface area contributed by atoms with Gasteiger partial charge < -0.3 is 5.32 Å². The lowest BCUT2D eigenvalue weighted by atomic mass is 10.0. The van der Waals surface area contributed by atoms with Crippen molar-refractivity contribution in [3.8, 4) is 0 Å². The van der Waals surface area contributed by atoms with Crippen molar-refractivity contribution in [1.82, 2.24) is 15.1 Å². The molecule has 0 spiro atoms. The normalized spacial score (nSPS) is 13.4.